The first-order chi connectivity index (χ1) is 9.24. The third kappa shape index (κ3) is 12.3. The molecular formula is C16H29ClOSi. The first-order valence-electron chi connectivity index (χ1n) is 7.58. The molecule has 0 fully saturated rings. The Balaban J connectivity index is 0.000000344. The van der Waals surface area contributed by atoms with Crippen molar-refractivity contribution in [2.75, 3.05) is 5.88 Å². The van der Waals surface area contributed by atoms with Crippen molar-refractivity contribution in [3.05, 3.63) is 29.8 Å². The highest BCUT2D eigenvalue weighted by Crippen LogP contribution is 2.09. The molecule has 0 unspecified atom stereocenters. The Labute approximate surface area is 126 Å². The minimum Gasteiger partial charge on any atom is -0.508 e. The van der Waals surface area contributed by atoms with E-state index < -0.39 is 0 Å². The van der Waals surface area contributed by atoms with Gasteiger partial charge in [0.05, 0.1) is 0 Å². The van der Waals surface area contributed by atoms with E-state index in [0.717, 1.165) is 12.0 Å². The van der Waals surface area contributed by atoms with E-state index >= 15 is 0 Å². The molecule has 0 saturated heterocycles. The Hall–Kier alpha value is -0.473. The van der Waals surface area contributed by atoms with Crippen LogP contribution in [-0.4, -0.2) is 20.5 Å². The van der Waals surface area contributed by atoms with Crippen molar-refractivity contribution < 1.29 is 5.11 Å². The molecule has 1 nitrogen and oxygen atoms in total. The zero-order valence-corrected chi connectivity index (χ0v) is 14.7. The Morgan fingerprint density at radius 3 is 1.95 bits per heavy atom. The van der Waals surface area contributed by atoms with Crippen LogP contribution >= 0.6 is 11.6 Å². The molecule has 19 heavy (non-hydrogen) atoms. The molecule has 0 amide bonds. The second-order valence-corrected chi connectivity index (χ2v) is 7.37. The van der Waals surface area contributed by atoms with Crippen molar-refractivity contribution in [2.45, 2.75) is 58.0 Å². The minimum absolute atomic E-state index is 0.304. The number of phenolic OH excluding ortho intramolecular Hbond substituents is 1. The van der Waals surface area contributed by atoms with Crippen LogP contribution in [0, 0.1) is 0 Å². The summed E-state index contributed by atoms with van der Waals surface area (Å²) in [5.41, 5.74) is 1.16. The summed E-state index contributed by atoms with van der Waals surface area (Å²) in [6, 6.07) is 10.3. The molecule has 1 aromatic rings. The molecule has 0 saturated carbocycles. The number of halogens is 1. The average Bonchev–Trinajstić information content (AvgIpc) is 2.42. The summed E-state index contributed by atoms with van der Waals surface area (Å²) in [6.07, 6.45) is 6.66. The van der Waals surface area contributed by atoms with Gasteiger partial charge < -0.3 is 5.11 Å². The van der Waals surface area contributed by atoms with Crippen molar-refractivity contribution >= 4 is 21.1 Å². The molecule has 0 bridgehead atoms. The first kappa shape index (κ1) is 18.5. The number of aromatic hydroxyl groups is 1. The van der Waals surface area contributed by atoms with Gasteiger partial charge in [0.2, 0.25) is 0 Å². The van der Waals surface area contributed by atoms with Gasteiger partial charge in [0, 0.05) is 15.4 Å². The molecule has 0 aliphatic carbocycles. The van der Waals surface area contributed by atoms with Crippen molar-refractivity contribution in [3.63, 3.8) is 0 Å². The van der Waals surface area contributed by atoms with Crippen LogP contribution in [-0.2, 0) is 6.42 Å². The van der Waals surface area contributed by atoms with Crippen LogP contribution < -0.4 is 0 Å². The molecule has 110 valence electrons. The van der Waals surface area contributed by atoms with E-state index in [2.05, 4.69) is 13.8 Å². The Morgan fingerprint density at radius 1 is 1.00 bits per heavy atom. The molecule has 1 aromatic carbocycles. The van der Waals surface area contributed by atoms with Crippen LogP contribution in [0.5, 0.6) is 5.75 Å². The summed E-state index contributed by atoms with van der Waals surface area (Å²) in [4.78, 5) is 0. The van der Waals surface area contributed by atoms with Crippen LogP contribution in [0.15, 0.2) is 24.3 Å². The van der Waals surface area contributed by atoms with E-state index in [1.165, 1.54) is 25.7 Å². The maximum absolute atomic E-state index is 8.89. The maximum Gasteiger partial charge on any atom is 0.115 e. The molecule has 0 radical (unpaired) electrons. The third-order valence-electron chi connectivity index (χ3n) is 3.03. The lowest BCUT2D eigenvalue weighted by Crippen LogP contribution is -1.87. The molecule has 1 rings (SSSR count). The average molecular weight is 301 g/mol. The fraction of sp³-hybridized carbons (Fsp3) is 0.625. The van der Waals surface area contributed by atoms with Gasteiger partial charge in [-0.25, -0.2) is 0 Å². The van der Waals surface area contributed by atoms with E-state index in [1.54, 1.807) is 24.2 Å². The highest BCUT2D eigenvalue weighted by molar-refractivity contribution is 6.35. The van der Waals surface area contributed by atoms with Gasteiger partial charge in [-0.3, -0.25) is 0 Å². The van der Waals surface area contributed by atoms with Crippen molar-refractivity contribution in [2.24, 2.45) is 0 Å². The highest BCUT2D eigenvalue weighted by atomic mass is 35.5. The second-order valence-electron chi connectivity index (χ2n) is 4.87. The molecule has 0 heterocycles. The van der Waals surface area contributed by atoms with Crippen molar-refractivity contribution in [3.8, 4) is 5.75 Å². The quantitative estimate of drug-likeness (QED) is 0.417. The van der Waals surface area contributed by atoms with Gasteiger partial charge in [0.25, 0.3) is 0 Å². The molecule has 0 aliphatic heterocycles. The summed E-state index contributed by atoms with van der Waals surface area (Å²) in [6.45, 7) is 4.57. The van der Waals surface area contributed by atoms with Crippen molar-refractivity contribution in [1.82, 2.24) is 0 Å². The number of hydrogen-bond acceptors (Lipinski definition) is 1. The van der Waals surface area contributed by atoms with Crippen LogP contribution in [0.3, 0.4) is 0 Å². The normalized spacial score (nSPS) is 9.84. The number of alkyl halides is 1. The molecule has 3 heteroatoms. The Kier molecular flexibility index (Phi) is 13.6. The van der Waals surface area contributed by atoms with E-state index in [1.807, 2.05) is 12.1 Å². The van der Waals surface area contributed by atoms with E-state index in [-0.39, 0.29) is 0 Å². The van der Waals surface area contributed by atoms with E-state index in [0.29, 0.717) is 21.1 Å². The number of hydrogen-bond donors (Lipinski definition) is 1. The lowest BCUT2D eigenvalue weighted by Gasteiger charge is -1.95. The lowest BCUT2D eigenvalue weighted by atomic mass is 10.2. The number of unbranched alkanes of at least 4 members (excludes halogenated alkanes) is 2. The van der Waals surface area contributed by atoms with Gasteiger partial charge in [0.15, 0.2) is 0 Å². The predicted octanol–water partition coefficient (Wildman–Crippen LogP) is 4.77. The van der Waals surface area contributed by atoms with Gasteiger partial charge in [-0.05, 0) is 24.1 Å². The van der Waals surface area contributed by atoms with Gasteiger partial charge in [-0.15, -0.1) is 11.6 Å². The molecule has 1 N–H and O–H groups in total. The molecule has 0 aliphatic rings. The summed E-state index contributed by atoms with van der Waals surface area (Å²) in [7, 11) is 0.389. The van der Waals surface area contributed by atoms with E-state index in [4.69, 9.17) is 16.7 Å². The highest BCUT2D eigenvalue weighted by Gasteiger charge is 1.90. The predicted molar refractivity (Wildman–Crippen MR) is 90.5 cm³/mol. The van der Waals surface area contributed by atoms with Crippen LogP contribution in [0.2, 0.25) is 12.1 Å². The van der Waals surface area contributed by atoms with Crippen LogP contribution in [0.25, 0.3) is 0 Å². The number of phenols is 1. The molecule has 0 aromatic heterocycles. The van der Waals surface area contributed by atoms with Crippen LogP contribution in [0.4, 0.5) is 0 Å². The molecule has 0 atom stereocenters. The third-order valence-corrected chi connectivity index (χ3v) is 5.22. The van der Waals surface area contributed by atoms with Gasteiger partial charge in [-0.1, -0.05) is 63.8 Å². The number of aryl methyl sites for hydroxylation is 1. The largest absolute Gasteiger partial charge is 0.508 e. The molecule has 0 spiro atoms. The SMILES string of the molecule is CCCC[SiH2]CCCC.Oc1ccc(CCCl)cc1. The number of rotatable bonds is 8. The minimum atomic E-state index is 0.304. The summed E-state index contributed by atoms with van der Waals surface area (Å²) < 4.78 is 0. The van der Waals surface area contributed by atoms with Crippen LogP contribution in [0.1, 0.15) is 45.1 Å². The first-order valence-corrected chi connectivity index (χ1v) is 10.1. The molecular weight excluding hydrogens is 272 g/mol. The summed E-state index contributed by atoms with van der Waals surface area (Å²) >= 11 is 5.51. The smallest absolute Gasteiger partial charge is 0.115 e. The number of benzene rings is 1. The van der Waals surface area contributed by atoms with E-state index in [9.17, 15) is 0 Å². The maximum atomic E-state index is 8.89. The van der Waals surface area contributed by atoms with Gasteiger partial charge in [-0.2, -0.15) is 0 Å². The lowest BCUT2D eigenvalue weighted by molar-refractivity contribution is 0.475. The summed E-state index contributed by atoms with van der Waals surface area (Å²) in [5.74, 6) is 0.934. The monoisotopic (exact) mass is 300 g/mol. The topological polar surface area (TPSA) is 20.2 Å². The van der Waals surface area contributed by atoms with Crippen molar-refractivity contribution in [1.29, 1.82) is 0 Å². The second kappa shape index (κ2) is 13.9. The Morgan fingerprint density at radius 2 is 1.53 bits per heavy atom. The Bertz CT molecular complexity index is 281. The fourth-order valence-electron chi connectivity index (χ4n) is 1.80. The van der Waals surface area contributed by atoms with Gasteiger partial charge >= 0.3 is 0 Å². The standard InChI is InChI=1S/C8H9ClO.C8H20Si/c9-6-5-7-1-3-8(10)4-2-7;1-3-5-7-9-8-6-4-2/h1-4,10H,5-6H2;3-9H2,1-2H3. The zero-order chi connectivity index (χ0) is 14.3. The summed E-state index contributed by atoms with van der Waals surface area (Å²) in [5, 5.41) is 8.89. The zero-order valence-electron chi connectivity index (χ0n) is 12.5. The van der Waals surface area contributed by atoms with Gasteiger partial charge in [0.1, 0.15) is 5.75 Å². The fourth-order valence-corrected chi connectivity index (χ4v) is 4.08.